The first kappa shape index (κ1) is 27.5. The summed E-state index contributed by atoms with van der Waals surface area (Å²) in [6, 6.07) is 59.6. The number of anilines is 3. The van der Waals surface area contributed by atoms with Crippen LogP contribution in [0.3, 0.4) is 0 Å². The zero-order chi connectivity index (χ0) is 34.4. The van der Waals surface area contributed by atoms with E-state index in [2.05, 4.69) is 184 Å². The summed E-state index contributed by atoms with van der Waals surface area (Å²) in [5.74, 6) is 0. The molecule has 53 heavy (non-hydrogen) atoms. The van der Waals surface area contributed by atoms with E-state index in [1.165, 1.54) is 81.2 Å². The Kier molecular flexibility index (Phi) is 5.08. The molecule has 0 atom stereocenters. The minimum absolute atomic E-state index is 0.986. The molecule has 244 valence electrons. The van der Waals surface area contributed by atoms with Crippen molar-refractivity contribution in [3.05, 3.63) is 170 Å². The SMILES string of the molecule is c1ccc(N(c2ccccc2)c2cccc3c4cccc5c6c7c8cc9ccccc9c9c%10ccc%11ccccc%11c%10n(c7cnc6n(c23)c45)c89)cc1. The number of benzene rings is 8. The van der Waals surface area contributed by atoms with Gasteiger partial charge in [-0.15, -0.1) is 0 Å². The van der Waals surface area contributed by atoms with Gasteiger partial charge in [-0.3, -0.25) is 4.40 Å². The average molecular weight is 673 g/mol. The highest BCUT2D eigenvalue weighted by Gasteiger charge is 2.28. The van der Waals surface area contributed by atoms with Crippen LogP contribution in [-0.4, -0.2) is 13.8 Å². The Morgan fingerprint density at radius 3 is 1.77 bits per heavy atom. The Balaban J connectivity index is 1.26. The molecule has 0 N–H and O–H groups in total. The molecule has 4 nitrogen and oxygen atoms in total. The highest BCUT2D eigenvalue weighted by atomic mass is 15.2. The van der Waals surface area contributed by atoms with Crippen LogP contribution in [0.4, 0.5) is 17.1 Å². The molecule has 0 bridgehead atoms. The largest absolute Gasteiger partial charge is 0.308 e. The number of nitrogens with zero attached hydrogens (tertiary/aromatic N) is 4. The quantitative estimate of drug-likeness (QED) is 0.187. The number of pyridine rings is 1. The van der Waals surface area contributed by atoms with Crippen molar-refractivity contribution in [1.29, 1.82) is 0 Å². The van der Waals surface area contributed by atoms with Crippen molar-refractivity contribution in [3.63, 3.8) is 0 Å². The molecule has 8 aromatic carbocycles. The number of hydrogen-bond donors (Lipinski definition) is 0. The lowest BCUT2D eigenvalue weighted by atomic mass is 9.98. The molecular weight excluding hydrogens is 645 g/mol. The summed E-state index contributed by atoms with van der Waals surface area (Å²) in [5.41, 5.74) is 10.4. The van der Waals surface area contributed by atoms with Gasteiger partial charge in [0.25, 0.3) is 0 Å². The molecule has 5 heterocycles. The van der Waals surface area contributed by atoms with Gasteiger partial charge < -0.3 is 9.30 Å². The van der Waals surface area contributed by atoms with E-state index in [1.807, 2.05) is 0 Å². The molecule has 0 saturated carbocycles. The van der Waals surface area contributed by atoms with Crippen molar-refractivity contribution in [2.75, 3.05) is 4.90 Å². The normalized spacial score (nSPS) is 12.5. The van der Waals surface area contributed by atoms with Crippen molar-refractivity contribution in [2.24, 2.45) is 0 Å². The first-order valence-electron chi connectivity index (χ1n) is 18.2. The fourth-order valence-corrected chi connectivity index (χ4v) is 9.71. The Labute approximate surface area is 302 Å². The predicted molar refractivity (Wildman–Crippen MR) is 223 cm³/mol. The summed E-state index contributed by atoms with van der Waals surface area (Å²) in [7, 11) is 0. The maximum atomic E-state index is 5.47. The zero-order valence-electron chi connectivity index (χ0n) is 28.5. The summed E-state index contributed by atoms with van der Waals surface area (Å²) in [6.07, 6.45) is 2.14. The van der Waals surface area contributed by atoms with Gasteiger partial charge in [-0.05, 0) is 52.6 Å². The van der Waals surface area contributed by atoms with Crippen LogP contribution in [0.15, 0.2) is 170 Å². The van der Waals surface area contributed by atoms with Crippen molar-refractivity contribution >= 4 is 115 Å². The zero-order valence-corrected chi connectivity index (χ0v) is 28.5. The second kappa shape index (κ2) is 9.78. The first-order chi connectivity index (χ1) is 26.3. The molecule has 5 aromatic heterocycles. The third-order valence-electron chi connectivity index (χ3n) is 11.7. The lowest BCUT2D eigenvalue weighted by Gasteiger charge is -2.26. The molecule has 0 aliphatic rings. The summed E-state index contributed by atoms with van der Waals surface area (Å²) in [6.45, 7) is 0. The molecule has 13 rings (SSSR count). The molecule has 0 saturated heterocycles. The number of fused-ring (bicyclic) bond motifs is 17. The Bertz CT molecular complexity index is 3580. The van der Waals surface area contributed by atoms with Crippen LogP contribution in [-0.2, 0) is 0 Å². The van der Waals surface area contributed by atoms with Crippen LogP contribution in [0.2, 0.25) is 0 Å². The summed E-state index contributed by atoms with van der Waals surface area (Å²) < 4.78 is 4.96. The van der Waals surface area contributed by atoms with E-state index in [-0.39, 0.29) is 0 Å². The fourth-order valence-electron chi connectivity index (χ4n) is 9.71. The Morgan fingerprint density at radius 1 is 0.377 bits per heavy atom. The average Bonchev–Trinajstić information content (AvgIpc) is 3.95. The maximum Gasteiger partial charge on any atom is 0.146 e. The molecule has 0 unspecified atom stereocenters. The molecule has 0 amide bonds. The lowest BCUT2D eigenvalue weighted by Crippen LogP contribution is -2.10. The van der Waals surface area contributed by atoms with Crippen LogP contribution in [0.25, 0.3) is 97.9 Å². The molecule has 0 fully saturated rings. The summed E-state index contributed by atoms with van der Waals surface area (Å²) in [4.78, 5) is 7.85. The van der Waals surface area contributed by atoms with Gasteiger partial charge in [0.2, 0.25) is 0 Å². The van der Waals surface area contributed by atoms with Crippen LogP contribution < -0.4 is 4.90 Å². The van der Waals surface area contributed by atoms with Gasteiger partial charge in [0.15, 0.2) is 0 Å². The third-order valence-corrected chi connectivity index (χ3v) is 11.7. The lowest BCUT2D eigenvalue weighted by molar-refractivity contribution is 1.24. The summed E-state index contributed by atoms with van der Waals surface area (Å²) in [5, 5.41) is 15.1. The van der Waals surface area contributed by atoms with E-state index in [1.54, 1.807) is 0 Å². The van der Waals surface area contributed by atoms with Crippen LogP contribution in [0, 0.1) is 0 Å². The van der Waals surface area contributed by atoms with Crippen LogP contribution in [0.5, 0.6) is 0 Å². The Morgan fingerprint density at radius 2 is 0.981 bits per heavy atom. The van der Waals surface area contributed by atoms with Gasteiger partial charge in [-0.25, -0.2) is 4.98 Å². The molecule has 0 aliphatic heterocycles. The van der Waals surface area contributed by atoms with E-state index < -0.39 is 0 Å². The second-order valence-electron chi connectivity index (χ2n) is 14.3. The Hall–Kier alpha value is -7.17. The van der Waals surface area contributed by atoms with E-state index in [4.69, 9.17) is 4.98 Å². The molecule has 4 heteroatoms. The maximum absolute atomic E-state index is 5.47. The van der Waals surface area contributed by atoms with Gasteiger partial charge in [0.1, 0.15) is 5.65 Å². The molecule has 0 radical (unpaired) electrons. The first-order valence-corrected chi connectivity index (χ1v) is 18.2. The molecular formula is C49H28N4. The van der Waals surface area contributed by atoms with E-state index in [9.17, 15) is 0 Å². The highest BCUT2D eigenvalue weighted by molar-refractivity contribution is 6.39. The highest BCUT2D eigenvalue weighted by Crippen LogP contribution is 2.50. The predicted octanol–water partition coefficient (Wildman–Crippen LogP) is 13.2. The third kappa shape index (κ3) is 3.34. The van der Waals surface area contributed by atoms with Gasteiger partial charge in [0, 0.05) is 59.9 Å². The minimum Gasteiger partial charge on any atom is -0.308 e. The molecule has 0 spiro atoms. The van der Waals surface area contributed by atoms with Crippen LogP contribution >= 0.6 is 0 Å². The van der Waals surface area contributed by atoms with Crippen molar-refractivity contribution in [3.8, 4) is 0 Å². The van der Waals surface area contributed by atoms with Crippen LogP contribution in [0.1, 0.15) is 0 Å². The topological polar surface area (TPSA) is 24.9 Å². The van der Waals surface area contributed by atoms with Gasteiger partial charge in [-0.1, -0.05) is 127 Å². The number of rotatable bonds is 3. The van der Waals surface area contributed by atoms with Gasteiger partial charge >= 0.3 is 0 Å². The number of hydrogen-bond acceptors (Lipinski definition) is 2. The number of aromatic nitrogens is 3. The van der Waals surface area contributed by atoms with E-state index in [0.29, 0.717) is 0 Å². The number of para-hydroxylation sites is 4. The van der Waals surface area contributed by atoms with Crippen molar-refractivity contribution in [2.45, 2.75) is 0 Å². The molecule has 13 aromatic rings. The van der Waals surface area contributed by atoms with Gasteiger partial charge in [-0.2, -0.15) is 0 Å². The molecule has 0 aliphatic carbocycles. The van der Waals surface area contributed by atoms with E-state index >= 15 is 0 Å². The monoisotopic (exact) mass is 672 g/mol. The van der Waals surface area contributed by atoms with Crippen molar-refractivity contribution in [1.82, 2.24) is 13.8 Å². The van der Waals surface area contributed by atoms with Crippen molar-refractivity contribution < 1.29 is 0 Å². The smallest absolute Gasteiger partial charge is 0.146 e. The summed E-state index contributed by atoms with van der Waals surface area (Å²) >= 11 is 0. The second-order valence-corrected chi connectivity index (χ2v) is 14.3. The standard InChI is InChI=1S/C49H28N4/c1-3-15-31(16-4-1)51(32-17-5-2-6-18-32)40-24-12-22-36-35-21-11-23-37-44-43-39-27-30-14-8-9-19-33(30)42-38-26-25-29-13-7-10-20-34(29)45(38)52(48(39)42)41(43)28-50-49(44)53(46(35)37)47(36)40/h1-28H. The fraction of sp³-hybridized carbons (Fsp3) is 0. The van der Waals surface area contributed by atoms with Gasteiger partial charge in [0.05, 0.1) is 39.5 Å². The van der Waals surface area contributed by atoms with E-state index in [0.717, 1.165) is 33.7 Å². The minimum atomic E-state index is 0.986.